The van der Waals surface area contributed by atoms with E-state index in [-0.39, 0.29) is 12.2 Å². The minimum atomic E-state index is -0.641. The van der Waals surface area contributed by atoms with Crippen molar-refractivity contribution in [1.82, 2.24) is 4.57 Å². The molecule has 3 aromatic rings. The lowest BCUT2D eigenvalue weighted by Crippen LogP contribution is -2.39. The van der Waals surface area contributed by atoms with E-state index in [0.717, 1.165) is 11.1 Å². The van der Waals surface area contributed by atoms with Crippen molar-refractivity contribution in [2.24, 2.45) is 4.99 Å². The number of nitrogens with zero attached hydrogens (tertiary/aromatic N) is 2. The molecule has 1 aliphatic rings. The Kier molecular flexibility index (Phi) is 5.41. The second-order valence-electron chi connectivity index (χ2n) is 6.63. The van der Waals surface area contributed by atoms with Crippen molar-refractivity contribution in [3.05, 3.63) is 84.9 Å². The molecule has 0 saturated carbocycles. The zero-order valence-electron chi connectivity index (χ0n) is 16.7. The molecule has 0 spiro atoms. The summed E-state index contributed by atoms with van der Waals surface area (Å²) in [6, 6.07) is 8.42. The Balaban J connectivity index is 1.95. The number of carbonyl (C=O) groups is 1. The number of rotatable bonds is 5. The summed E-state index contributed by atoms with van der Waals surface area (Å²) in [6.45, 7) is 3.74. The molecule has 2 aromatic heterocycles. The molecule has 1 unspecified atom stereocenters. The van der Waals surface area contributed by atoms with Crippen LogP contribution in [0.3, 0.4) is 0 Å². The number of hydrogen-bond donors (Lipinski definition) is 0. The Hall–Kier alpha value is -3.39. The van der Waals surface area contributed by atoms with Gasteiger partial charge in [0.1, 0.15) is 5.75 Å². The second kappa shape index (κ2) is 8.16. The highest BCUT2D eigenvalue weighted by Crippen LogP contribution is 2.31. The molecular weight excluding hydrogens is 404 g/mol. The molecule has 4 rings (SSSR count). The number of methoxy groups -OCH3 is 1. The first-order valence-electron chi connectivity index (χ1n) is 9.39. The van der Waals surface area contributed by atoms with Crippen molar-refractivity contribution in [2.45, 2.75) is 19.9 Å². The van der Waals surface area contributed by atoms with Gasteiger partial charge >= 0.3 is 5.97 Å². The first kappa shape index (κ1) is 19.9. The molecule has 1 atom stereocenters. The standard InChI is InChI=1S/C22H20N2O5S/c1-4-29-21(26)18-13(2)23-22-24(19(18)15-5-7-16(27-3)8-6-15)20(25)17(30-22)11-14-9-10-28-12-14/h5-12,19H,4H2,1-3H3/b17-11+. The van der Waals surface area contributed by atoms with E-state index in [2.05, 4.69) is 4.99 Å². The normalized spacial score (nSPS) is 16.2. The molecule has 8 heteroatoms. The molecular formula is C22H20N2O5S. The van der Waals surface area contributed by atoms with Crippen LogP contribution in [0.15, 0.2) is 68.3 Å². The van der Waals surface area contributed by atoms with Crippen LogP contribution in [0.2, 0.25) is 0 Å². The van der Waals surface area contributed by atoms with Crippen molar-refractivity contribution in [3.63, 3.8) is 0 Å². The first-order valence-corrected chi connectivity index (χ1v) is 10.2. The van der Waals surface area contributed by atoms with Gasteiger partial charge in [-0.1, -0.05) is 23.5 Å². The lowest BCUT2D eigenvalue weighted by Gasteiger charge is -2.24. The van der Waals surface area contributed by atoms with Gasteiger partial charge in [-0.15, -0.1) is 0 Å². The summed E-state index contributed by atoms with van der Waals surface area (Å²) in [6.07, 6.45) is 4.86. The number of carbonyl (C=O) groups excluding carboxylic acids is 1. The number of allylic oxidation sites excluding steroid dienone is 1. The third kappa shape index (κ3) is 3.50. The van der Waals surface area contributed by atoms with E-state index >= 15 is 0 Å². The Labute approximate surface area is 176 Å². The molecule has 0 N–H and O–H groups in total. The van der Waals surface area contributed by atoms with Crippen molar-refractivity contribution < 1.29 is 18.7 Å². The number of ether oxygens (including phenoxy) is 2. The van der Waals surface area contributed by atoms with Crippen LogP contribution in [0, 0.1) is 0 Å². The average molecular weight is 424 g/mol. The maximum absolute atomic E-state index is 13.3. The maximum atomic E-state index is 13.3. The van der Waals surface area contributed by atoms with Crippen LogP contribution in [-0.4, -0.2) is 24.3 Å². The fraction of sp³-hybridized carbons (Fsp3) is 0.227. The Bertz CT molecular complexity index is 1280. The topological polar surface area (TPSA) is 83.0 Å². The van der Waals surface area contributed by atoms with Crippen molar-refractivity contribution in [3.8, 4) is 5.75 Å². The Morgan fingerprint density at radius 1 is 1.30 bits per heavy atom. The monoisotopic (exact) mass is 424 g/mol. The molecule has 0 bridgehead atoms. The summed E-state index contributed by atoms with van der Waals surface area (Å²) < 4.78 is 17.7. The van der Waals surface area contributed by atoms with E-state index in [4.69, 9.17) is 13.9 Å². The molecule has 0 aliphatic carbocycles. The van der Waals surface area contributed by atoms with Crippen LogP contribution >= 0.6 is 11.3 Å². The summed E-state index contributed by atoms with van der Waals surface area (Å²) in [5.74, 6) is 0.202. The van der Waals surface area contributed by atoms with E-state index in [9.17, 15) is 9.59 Å². The maximum Gasteiger partial charge on any atom is 0.338 e. The van der Waals surface area contributed by atoms with Crippen molar-refractivity contribution in [1.29, 1.82) is 0 Å². The van der Waals surface area contributed by atoms with Crippen LogP contribution in [0.4, 0.5) is 0 Å². The molecule has 0 saturated heterocycles. The van der Waals surface area contributed by atoms with Crippen LogP contribution in [0.25, 0.3) is 6.08 Å². The number of thiazole rings is 1. The zero-order chi connectivity index (χ0) is 21.3. The van der Waals surface area contributed by atoms with Gasteiger partial charge in [0.25, 0.3) is 5.56 Å². The molecule has 3 heterocycles. The van der Waals surface area contributed by atoms with Crippen molar-refractivity contribution >= 4 is 23.4 Å². The van der Waals surface area contributed by atoms with Crippen LogP contribution in [0.5, 0.6) is 5.75 Å². The van der Waals surface area contributed by atoms with Gasteiger partial charge in [0.15, 0.2) is 4.80 Å². The zero-order valence-corrected chi connectivity index (χ0v) is 17.6. The average Bonchev–Trinajstić information content (AvgIpc) is 3.36. The van der Waals surface area contributed by atoms with Crippen LogP contribution < -0.4 is 19.6 Å². The molecule has 0 radical (unpaired) electrons. The molecule has 1 aliphatic heterocycles. The number of furan rings is 1. The summed E-state index contributed by atoms with van der Waals surface area (Å²) >= 11 is 1.27. The van der Waals surface area contributed by atoms with Crippen molar-refractivity contribution in [2.75, 3.05) is 13.7 Å². The third-order valence-electron chi connectivity index (χ3n) is 4.79. The molecule has 0 fully saturated rings. The number of esters is 1. The highest BCUT2D eigenvalue weighted by Gasteiger charge is 2.33. The predicted octanol–water partition coefficient (Wildman–Crippen LogP) is 2.40. The Morgan fingerprint density at radius 3 is 2.70 bits per heavy atom. The first-order chi connectivity index (χ1) is 14.5. The third-order valence-corrected chi connectivity index (χ3v) is 5.77. The van der Waals surface area contributed by atoms with Gasteiger partial charge in [-0.05, 0) is 43.7 Å². The molecule has 0 amide bonds. The lowest BCUT2D eigenvalue weighted by molar-refractivity contribution is -0.139. The van der Waals surface area contributed by atoms with Gasteiger partial charge in [0, 0.05) is 5.56 Å². The number of hydrogen-bond acceptors (Lipinski definition) is 7. The number of fused-ring (bicyclic) bond motifs is 1. The Morgan fingerprint density at radius 2 is 2.07 bits per heavy atom. The minimum absolute atomic E-state index is 0.227. The summed E-state index contributed by atoms with van der Waals surface area (Å²) in [4.78, 5) is 31.2. The number of benzene rings is 1. The van der Waals surface area contributed by atoms with E-state index in [1.54, 1.807) is 62.3 Å². The smallest absolute Gasteiger partial charge is 0.338 e. The SMILES string of the molecule is CCOC(=O)C1=C(C)N=c2s/c(=C/c3ccoc3)c(=O)n2C1c1ccc(OC)cc1. The molecule has 154 valence electrons. The molecule has 30 heavy (non-hydrogen) atoms. The highest BCUT2D eigenvalue weighted by atomic mass is 32.1. The van der Waals surface area contributed by atoms with Gasteiger partial charge in [-0.2, -0.15) is 0 Å². The fourth-order valence-corrected chi connectivity index (χ4v) is 4.45. The summed E-state index contributed by atoms with van der Waals surface area (Å²) in [5, 5.41) is 0. The van der Waals surface area contributed by atoms with E-state index < -0.39 is 12.0 Å². The molecule has 1 aromatic carbocycles. The van der Waals surface area contributed by atoms with Crippen LogP contribution in [0.1, 0.15) is 31.0 Å². The van der Waals surface area contributed by atoms with Gasteiger partial charge in [0.2, 0.25) is 0 Å². The van der Waals surface area contributed by atoms with E-state index in [1.165, 1.54) is 11.3 Å². The van der Waals surface area contributed by atoms with Gasteiger partial charge < -0.3 is 13.9 Å². The largest absolute Gasteiger partial charge is 0.497 e. The van der Waals surface area contributed by atoms with E-state index in [1.807, 2.05) is 12.1 Å². The summed E-state index contributed by atoms with van der Waals surface area (Å²) in [5.41, 5.74) is 2.21. The predicted molar refractivity (Wildman–Crippen MR) is 112 cm³/mol. The molecule has 7 nitrogen and oxygen atoms in total. The van der Waals surface area contributed by atoms with E-state index in [0.29, 0.717) is 26.4 Å². The quantitative estimate of drug-likeness (QED) is 0.588. The minimum Gasteiger partial charge on any atom is -0.497 e. The van der Waals surface area contributed by atoms with Crippen LogP contribution in [-0.2, 0) is 9.53 Å². The summed E-state index contributed by atoms with van der Waals surface area (Å²) in [7, 11) is 1.59. The fourth-order valence-electron chi connectivity index (χ4n) is 3.40. The second-order valence-corrected chi connectivity index (χ2v) is 7.64. The lowest BCUT2D eigenvalue weighted by atomic mass is 9.96. The van der Waals surface area contributed by atoms with Gasteiger partial charge in [-0.25, -0.2) is 9.79 Å². The highest BCUT2D eigenvalue weighted by molar-refractivity contribution is 7.07. The number of aromatic nitrogens is 1. The van der Waals surface area contributed by atoms with Gasteiger partial charge in [-0.3, -0.25) is 9.36 Å². The van der Waals surface area contributed by atoms with Gasteiger partial charge in [0.05, 0.1) is 48.1 Å².